The summed E-state index contributed by atoms with van der Waals surface area (Å²) in [5, 5.41) is 4.59. The number of hydrazone groups is 1. The van der Waals surface area contributed by atoms with Crippen molar-refractivity contribution < 1.29 is 8.42 Å². The van der Waals surface area contributed by atoms with E-state index in [4.69, 9.17) is 0 Å². The fourth-order valence-electron chi connectivity index (χ4n) is 3.77. The quantitative estimate of drug-likeness (QED) is 0.480. The summed E-state index contributed by atoms with van der Waals surface area (Å²) in [5.41, 5.74) is 4.97. The molecule has 3 aromatic carbocycles. The molecular formula is C24H20N4O2S. The van der Waals surface area contributed by atoms with Gasteiger partial charge in [-0.2, -0.15) is 17.9 Å². The van der Waals surface area contributed by atoms with E-state index < -0.39 is 16.1 Å². The van der Waals surface area contributed by atoms with Gasteiger partial charge in [-0.3, -0.25) is 9.97 Å². The second-order valence-electron chi connectivity index (χ2n) is 7.53. The zero-order valence-corrected chi connectivity index (χ0v) is 17.7. The van der Waals surface area contributed by atoms with Gasteiger partial charge in [-0.25, -0.2) is 0 Å². The van der Waals surface area contributed by atoms with Crippen LogP contribution < -0.4 is 0 Å². The van der Waals surface area contributed by atoms with E-state index in [1.54, 1.807) is 36.7 Å². The fraction of sp³-hybridized carbons (Fsp3) is 0.125. The van der Waals surface area contributed by atoms with E-state index in [-0.39, 0.29) is 4.90 Å². The van der Waals surface area contributed by atoms with Crippen LogP contribution in [0.4, 0.5) is 0 Å². The summed E-state index contributed by atoms with van der Waals surface area (Å²) in [6.07, 6.45) is 3.75. The van der Waals surface area contributed by atoms with Gasteiger partial charge in [-0.1, -0.05) is 54.1 Å². The molecule has 2 heterocycles. The van der Waals surface area contributed by atoms with Gasteiger partial charge in [-0.05, 0) is 42.3 Å². The number of nitrogens with zero attached hydrogens (tertiary/aromatic N) is 4. The highest BCUT2D eigenvalue weighted by Crippen LogP contribution is 2.37. The van der Waals surface area contributed by atoms with Gasteiger partial charge in [0.1, 0.15) is 0 Å². The third-order valence-electron chi connectivity index (χ3n) is 5.42. The summed E-state index contributed by atoms with van der Waals surface area (Å²) >= 11 is 0. The maximum Gasteiger partial charge on any atom is 0.279 e. The minimum absolute atomic E-state index is 0.224. The summed E-state index contributed by atoms with van der Waals surface area (Å²) < 4.78 is 28.4. The second kappa shape index (κ2) is 7.59. The highest BCUT2D eigenvalue weighted by Gasteiger charge is 2.37. The molecule has 0 spiro atoms. The van der Waals surface area contributed by atoms with Crippen molar-refractivity contribution in [2.24, 2.45) is 5.10 Å². The minimum Gasteiger partial charge on any atom is -0.253 e. The lowest BCUT2D eigenvalue weighted by Crippen LogP contribution is -2.27. The first-order valence-electron chi connectivity index (χ1n) is 9.97. The van der Waals surface area contributed by atoms with Crippen molar-refractivity contribution in [3.8, 4) is 0 Å². The largest absolute Gasteiger partial charge is 0.279 e. The summed E-state index contributed by atoms with van der Waals surface area (Å²) in [7, 11) is -3.84. The number of hydrogen-bond donors (Lipinski definition) is 0. The van der Waals surface area contributed by atoms with Crippen LogP contribution in [0.15, 0.2) is 95.2 Å². The fourth-order valence-corrected chi connectivity index (χ4v) is 5.20. The Labute approximate surface area is 181 Å². The van der Waals surface area contributed by atoms with Crippen molar-refractivity contribution >= 4 is 26.8 Å². The predicted molar refractivity (Wildman–Crippen MR) is 120 cm³/mol. The topological polar surface area (TPSA) is 75.5 Å². The van der Waals surface area contributed by atoms with Gasteiger partial charge in [0.25, 0.3) is 10.0 Å². The summed E-state index contributed by atoms with van der Waals surface area (Å²) in [5.74, 6) is 0. The van der Waals surface area contributed by atoms with E-state index in [1.165, 1.54) is 4.41 Å². The average Bonchev–Trinajstić information content (AvgIpc) is 3.26. The molecular weight excluding hydrogens is 408 g/mol. The monoisotopic (exact) mass is 428 g/mol. The average molecular weight is 429 g/mol. The smallest absolute Gasteiger partial charge is 0.253 e. The molecule has 4 aromatic rings. The van der Waals surface area contributed by atoms with Crippen LogP contribution in [0.3, 0.4) is 0 Å². The SMILES string of the molecule is Cc1ccc(S(=O)(=O)N2N=C(c3ccccc3)C[C@@H]2c2ccc3nccnc3c2)cc1. The minimum atomic E-state index is -3.84. The predicted octanol–water partition coefficient (Wildman–Crippen LogP) is 4.48. The van der Waals surface area contributed by atoms with Crippen LogP contribution in [0.5, 0.6) is 0 Å². The Morgan fingerprint density at radius 3 is 2.32 bits per heavy atom. The molecule has 6 nitrogen and oxygen atoms in total. The van der Waals surface area contributed by atoms with Gasteiger partial charge >= 0.3 is 0 Å². The first-order chi connectivity index (χ1) is 15.0. The Morgan fingerprint density at radius 1 is 0.871 bits per heavy atom. The Hall–Kier alpha value is -3.58. The zero-order valence-electron chi connectivity index (χ0n) is 16.9. The Bertz CT molecular complexity index is 1380. The van der Waals surface area contributed by atoms with Crippen molar-refractivity contribution in [2.45, 2.75) is 24.3 Å². The molecule has 0 saturated carbocycles. The zero-order chi connectivity index (χ0) is 21.4. The van der Waals surface area contributed by atoms with Crippen molar-refractivity contribution in [3.05, 3.63) is 102 Å². The number of fused-ring (bicyclic) bond motifs is 1. The molecule has 5 rings (SSSR count). The molecule has 0 unspecified atom stereocenters. The molecule has 0 aliphatic carbocycles. The summed E-state index contributed by atoms with van der Waals surface area (Å²) in [6.45, 7) is 1.93. The van der Waals surface area contributed by atoms with Crippen LogP contribution in [-0.4, -0.2) is 28.5 Å². The van der Waals surface area contributed by atoms with E-state index in [0.717, 1.165) is 33.4 Å². The van der Waals surface area contributed by atoms with Crippen molar-refractivity contribution in [1.82, 2.24) is 14.4 Å². The third-order valence-corrected chi connectivity index (χ3v) is 7.12. The molecule has 0 radical (unpaired) electrons. The number of sulfonamides is 1. The third kappa shape index (κ3) is 3.57. The lowest BCUT2D eigenvalue weighted by molar-refractivity contribution is 0.371. The Kier molecular flexibility index (Phi) is 4.75. The van der Waals surface area contributed by atoms with Crippen LogP contribution in [-0.2, 0) is 10.0 Å². The van der Waals surface area contributed by atoms with Crippen molar-refractivity contribution in [2.75, 3.05) is 0 Å². The van der Waals surface area contributed by atoms with E-state index in [9.17, 15) is 8.42 Å². The molecule has 0 saturated heterocycles. The number of aromatic nitrogens is 2. The van der Waals surface area contributed by atoms with Crippen LogP contribution >= 0.6 is 0 Å². The summed E-state index contributed by atoms with van der Waals surface area (Å²) in [6, 6.07) is 21.7. The van der Waals surface area contributed by atoms with E-state index in [1.807, 2.05) is 55.5 Å². The first-order valence-corrected chi connectivity index (χ1v) is 11.4. The molecule has 0 bridgehead atoms. The molecule has 0 fully saturated rings. The number of hydrogen-bond acceptors (Lipinski definition) is 5. The van der Waals surface area contributed by atoms with Crippen LogP contribution in [0, 0.1) is 6.92 Å². The van der Waals surface area contributed by atoms with E-state index in [0.29, 0.717) is 6.42 Å². The molecule has 1 atom stereocenters. The lowest BCUT2D eigenvalue weighted by atomic mass is 9.99. The first kappa shape index (κ1) is 19.4. The highest BCUT2D eigenvalue weighted by molar-refractivity contribution is 7.89. The normalized spacial score (nSPS) is 16.5. The van der Waals surface area contributed by atoms with Gasteiger partial charge in [-0.15, -0.1) is 0 Å². The molecule has 1 aliphatic rings. The molecule has 1 aliphatic heterocycles. The van der Waals surface area contributed by atoms with E-state index in [2.05, 4.69) is 15.1 Å². The van der Waals surface area contributed by atoms with E-state index >= 15 is 0 Å². The molecule has 7 heteroatoms. The van der Waals surface area contributed by atoms with Crippen LogP contribution in [0.25, 0.3) is 11.0 Å². The molecule has 31 heavy (non-hydrogen) atoms. The van der Waals surface area contributed by atoms with Gasteiger partial charge < -0.3 is 0 Å². The van der Waals surface area contributed by atoms with Crippen LogP contribution in [0.1, 0.15) is 29.2 Å². The van der Waals surface area contributed by atoms with Crippen molar-refractivity contribution in [1.29, 1.82) is 0 Å². The Morgan fingerprint density at radius 2 is 1.58 bits per heavy atom. The van der Waals surface area contributed by atoms with Gasteiger partial charge in [0.05, 0.1) is 27.7 Å². The number of rotatable bonds is 4. The maximum atomic E-state index is 13.6. The van der Waals surface area contributed by atoms with Gasteiger partial charge in [0, 0.05) is 18.8 Å². The van der Waals surface area contributed by atoms with Crippen LogP contribution in [0.2, 0.25) is 0 Å². The molecule has 0 amide bonds. The maximum absolute atomic E-state index is 13.6. The molecule has 154 valence electrons. The van der Waals surface area contributed by atoms with Gasteiger partial charge in [0.2, 0.25) is 0 Å². The standard InChI is InChI=1S/C24H20N4O2S/c1-17-7-10-20(11-8-17)31(29,30)28-24(16-22(27-28)18-5-3-2-4-6-18)19-9-12-21-23(15-19)26-14-13-25-21/h2-15,24H,16H2,1H3/t24-/m1/s1. The number of benzene rings is 3. The molecule has 1 aromatic heterocycles. The Balaban J connectivity index is 1.62. The lowest BCUT2D eigenvalue weighted by Gasteiger charge is -2.23. The second-order valence-corrected chi connectivity index (χ2v) is 9.32. The molecule has 0 N–H and O–H groups in total. The van der Waals surface area contributed by atoms with Gasteiger partial charge in [0.15, 0.2) is 0 Å². The number of aryl methyl sites for hydroxylation is 1. The van der Waals surface area contributed by atoms with Crippen molar-refractivity contribution in [3.63, 3.8) is 0 Å². The highest BCUT2D eigenvalue weighted by atomic mass is 32.2. The summed E-state index contributed by atoms with van der Waals surface area (Å²) in [4.78, 5) is 8.91.